The molecular formula is C34H39N5O5S. The Kier molecular flexibility index (Phi) is 6.87. The molecule has 10 nitrogen and oxygen atoms in total. The van der Waals surface area contributed by atoms with Gasteiger partial charge >= 0.3 is 5.97 Å². The third kappa shape index (κ3) is 5.00. The first-order valence-electron chi connectivity index (χ1n) is 15.5. The highest BCUT2D eigenvalue weighted by molar-refractivity contribution is 7.89. The van der Waals surface area contributed by atoms with Gasteiger partial charge in [-0.2, -0.15) is 4.31 Å². The van der Waals surface area contributed by atoms with Crippen LogP contribution in [0, 0.1) is 26.2 Å². The molecule has 1 aromatic carbocycles. The summed E-state index contributed by atoms with van der Waals surface area (Å²) in [4.78, 5) is 17.8. The van der Waals surface area contributed by atoms with Gasteiger partial charge in [0.25, 0.3) is 0 Å². The second-order valence-corrected chi connectivity index (χ2v) is 15.5. The lowest BCUT2D eigenvalue weighted by Crippen LogP contribution is -2.38. The number of hydrogen-bond acceptors (Lipinski definition) is 8. The molecule has 11 heteroatoms. The Hall–Kier alpha value is -3.83. The maximum atomic E-state index is 14.1. The number of sulfonamides is 1. The number of rotatable bonds is 7. The minimum atomic E-state index is -3.90. The Balaban J connectivity index is 1.32. The van der Waals surface area contributed by atoms with E-state index in [0.717, 1.165) is 70.5 Å². The van der Waals surface area contributed by atoms with E-state index in [1.54, 1.807) is 12.3 Å². The summed E-state index contributed by atoms with van der Waals surface area (Å²) in [5.74, 6) is 0.854. The van der Waals surface area contributed by atoms with Crippen LogP contribution in [0.5, 0.6) is 5.88 Å². The molecule has 0 amide bonds. The molecule has 1 atom stereocenters. The van der Waals surface area contributed by atoms with Crippen LogP contribution in [0.2, 0.25) is 0 Å². The van der Waals surface area contributed by atoms with Crippen molar-refractivity contribution in [1.82, 2.24) is 23.9 Å². The molecule has 0 saturated heterocycles. The fourth-order valence-corrected chi connectivity index (χ4v) is 8.40. The zero-order valence-electron chi connectivity index (χ0n) is 26.6. The molecule has 7 rings (SSSR count). The van der Waals surface area contributed by atoms with Crippen LogP contribution < -0.4 is 4.74 Å². The van der Waals surface area contributed by atoms with Crippen molar-refractivity contribution in [2.24, 2.45) is 5.41 Å². The fourth-order valence-electron chi connectivity index (χ4n) is 6.76. The highest BCUT2D eigenvalue weighted by atomic mass is 32.2. The van der Waals surface area contributed by atoms with Gasteiger partial charge in [0.2, 0.25) is 15.9 Å². The molecule has 1 spiro atoms. The van der Waals surface area contributed by atoms with Crippen molar-refractivity contribution in [3.63, 3.8) is 0 Å². The van der Waals surface area contributed by atoms with Crippen molar-refractivity contribution in [1.29, 1.82) is 0 Å². The van der Waals surface area contributed by atoms with Gasteiger partial charge in [0.15, 0.2) is 5.65 Å². The average molecular weight is 630 g/mol. The zero-order valence-corrected chi connectivity index (χ0v) is 27.4. The smallest absolute Gasteiger partial charge is 0.312 e. The molecule has 0 bridgehead atoms. The van der Waals surface area contributed by atoms with Crippen molar-refractivity contribution >= 4 is 21.6 Å². The fraction of sp³-hybridized carbons (Fsp3) is 0.471. The molecule has 2 fully saturated rings. The van der Waals surface area contributed by atoms with E-state index in [1.165, 1.54) is 11.4 Å². The quantitative estimate of drug-likeness (QED) is 0.251. The number of nitrogens with zero attached hydrogens (tertiary/aromatic N) is 5. The predicted octanol–water partition coefficient (Wildman–Crippen LogP) is 5.37. The van der Waals surface area contributed by atoms with Crippen LogP contribution >= 0.6 is 0 Å². The molecule has 236 valence electrons. The summed E-state index contributed by atoms with van der Waals surface area (Å²) < 4.78 is 43.3. The molecule has 4 aromatic rings. The summed E-state index contributed by atoms with van der Waals surface area (Å²) in [6.07, 6.45) is 7.43. The number of aromatic nitrogens is 4. The van der Waals surface area contributed by atoms with Crippen LogP contribution in [-0.2, 0) is 26.1 Å². The number of carbonyl (C=O) groups is 1. The van der Waals surface area contributed by atoms with Crippen molar-refractivity contribution in [2.45, 2.75) is 89.2 Å². The Morgan fingerprint density at radius 3 is 2.58 bits per heavy atom. The molecule has 3 aliphatic rings. The molecule has 0 radical (unpaired) electrons. The lowest BCUT2D eigenvalue weighted by Gasteiger charge is -2.34. The van der Waals surface area contributed by atoms with Gasteiger partial charge in [-0.1, -0.05) is 18.2 Å². The van der Waals surface area contributed by atoms with Gasteiger partial charge in [-0.3, -0.25) is 9.20 Å². The zero-order chi connectivity index (χ0) is 31.9. The van der Waals surface area contributed by atoms with E-state index in [9.17, 15) is 13.2 Å². The summed E-state index contributed by atoms with van der Waals surface area (Å²) in [5, 5.41) is 9.05. The summed E-state index contributed by atoms with van der Waals surface area (Å²) >= 11 is 0. The van der Waals surface area contributed by atoms with Crippen LogP contribution in [0.4, 0.5) is 0 Å². The Labute approximate surface area is 263 Å². The summed E-state index contributed by atoms with van der Waals surface area (Å²) in [5.41, 5.74) is 4.62. The van der Waals surface area contributed by atoms with Crippen LogP contribution in [0.3, 0.4) is 0 Å². The Bertz CT molecular complexity index is 1960. The van der Waals surface area contributed by atoms with Crippen molar-refractivity contribution in [3.8, 4) is 5.88 Å². The molecule has 2 aliphatic carbocycles. The van der Waals surface area contributed by atoms with E-state index in [4.69, 9.17) is 9.47 Å². The monoisotopic (exact) mass is 629 g/mol. The minimum absolute atomic E-state index is 0.104. The standard InChI is InChI=1S/C34H39N5O5S/c1-20-15-27-31(35-17-20)44-34(12-13-34)19-38(45(27,41)42)18-25-16-24(8-7-21(25)2)28(33(4,5)32(40)43-6)26-11-14-39-29(22(26)3)36-37-30(39)23-9-10-23/h7-8,11,14-17,23,28H,9-10,12-13,18-19H2,1-6H3. The molecular weight excluding hydrogens is 590 g/mol. The third-order valence-electron chi connectivity index (χ3n) is 9.79. The maximum absolute atomic E-state index is 14.1. The highest BCUT2D eigenvalue weighted by Crippen LogP contribution is 2.47. The number of hydrogen-bond donors (Lipinski definition) is 0. The van der Waals surface area contributed by atoms with Gasteiger partial charge in [0.05, 0.1) is 19.1 Å². The number of pyridine rings is 2. The second-order valence-electron chi connectivity index (χ2n) is 13.6. The lowest BCUT2D eigenvalue weighted by molar-refractivity contribution is -0.151. The third-order valence-corrected chi connectivity index (χ3v) is 11.6. The predicted molar refractivity (Wildman–Crippen MR) is 168 cm³/mol. The van der Waals surface area contributed by atoms with Gasteiger partial charge in [0.1, 0.15) is 16.3 Å². The SMILES string of the molecule is COC(=O)C(C)(C)C(c1ccc(C)c(CN2CC3(CC3)Oc3ncc(C)cc3S2(=O)=O)c1)c1ccn2c(C3CC3)nnc2c1C. The summed E-state index contributed by atoms with van der Waals surface area (Å²) in [6.45, 7) is 10.0. The van der Waals surface area contributed by atoms with Gasteiger partial charge in [-0.25, -0.2) is 13.4 Å². The summed E-state index contributed by atoms with van der Waals surface area (Å²) in [7, 11) is -2.49. The number of benzene rings is 1. The van der Waals surface area contributed by atoms with E-state index < -0.39 is 27.0 Å². The van der Waals surface area contributed by atoms with Gasteiger partial charge in [-0.05, 0) is 106 Å². The van der Waals surface area contributed by atoms with Crippen LogP contribution in [0.15, 0.2) is 47.6 Å². The normalized spacial score (nSPS) is 19.5. The van der Waals surface area contributed by atoms with Gasteiger partial charge in [-0.15, -0.1) is 10.2 Å². The molecule has 1 unspecified atom stereocenters. The van der Waals surface area contributed by atoms with Crippen molar-refractivity contribution in [2.75, 3.05) is 13.7 Å². The molecule has 3 aromatic heterocycles. The topological polar surface area (TPSA) is 116 Å². The number of fused-ring (bicyclic) bond motifs is 2. The van der Waals surface area contributed by atoms with E-state index in [0.29, 0.717) is 5.92 Å². The maximum Gasteiger partial charge on any atom is 0.312 e. The van der Waals surface area contributed by atoms with Crippen LogP contribution in [0.1, 0.15) is 90.6 Å². The van der Waals surface area contributed by atoms with E-state index in [1.807, 2.05) is 59.0 Å². The molecule has 45 heavy (non-hydrogen) atoms. The second kappa shape index (κ2) is 10.3. The number of esters is 1. The van der Waals surface area contributed by atoms with Crippen molar-refractivity contribution in [3.05, 3.63) is 81.9 Å². The largest absolute Gasteiger partial charge is 0.469 e. The highest BCUT2D eigenvalue weighted by Gasteiger charge is 2.52. The van der Waals surface area contributed by atoms with E-state index in [2.05, 4.69) is 25.6 Å². The van der Waals surface area contributed by atoms with E-state index >= 15 is 0 Å². The molecule has 4 heterocycles. The Morgan fingerprint density at radius 1 is 1.13 bits per heavy atom. The lowest BCUT2D eigenvalue weighted by atomic mass is 9.70. The van der Waals surface area contributed by atoms with Gasteiger partial charge < -0.3 is 9.47 Å². The molecule has 1 aliphatic heterocycles. The van der Waals surface area contributed by atoms with Crippen LogP contribution in [-0.4, -0.2) is 57.5 Å². The van der Waals surface area contributed by atoms with Gasteiger partial charge in [0, 0.05) is 30.8 Å². The minimum Gasteiger partial charge on any atom is -0.469 e. The summed E-state index contributed by atoms with van der Waals surface area (Å²) in [6, 6.07) is 9.79. The van der Waals surface area contributed by atoms with Crippen molar-refractivity contribution < 1.29 is 22.7 Å². The first-order valence-corrected chi connectivity index (χ1v) is 17.0. The number of aryl methyl sites for hydroxylation is 3. The molecule has 2 saturated carbocycles. The average Bonchev–Trinajstić information content (AvgIpc) is 3.94. The number of methoxy groups -OCH3 is 1. The number of carbonyl (C=O) groups excluding carboxylic acids is 1. The number of ether oxygens (including phenoxy) is 2. The van der Waals surface area contributed by atoms with Crippen LogP contribution in [0.25, 0.3) is 5.65 Å². The Morgan fingerprint density at radius 2 is 1.89 bits per heavy atom. The first kappa shape index (κ1) is 29.9. The first-order chi connectivity index (χ1) is 21.3. The molecule has 0 N–H and O–H groups in total. The van der Waals surface area contributed by atoms with E-state index in [-0.39, 0.29) is 29.8 Å².